The molecular formula is C20H20N2O5S. The summed E-state index contributed by atoms with van der Waals surface area (Å²) in [5.74, 6) is -1.07. The summed E-state index contributed by atoms with van der Waals surface area (Å²) in [6, 6.07) is 13.3. The normalized spacial score (nSPS) is 10.1. The molecule has 0 aliphatic heterocycles. The first kappa shape index (κ1) is 21.2. The quantitative estimate of drug-likeness (QED) is 0.521. The number of ketones is 1. The molecular weight excluding hydrogens is 380 g/mol. The average Bonchev–Trinajstić information content (AvgIpc) is 2.66. The maximum Gasteiger partial charge on any atom is 0.339 e. The van der Waals surface area contributed by atoms with Crippen LogP contribution in [-0.4, -0.2) is 35.9 Å². The van der Waals surface area contributed by atoms with E-state index in [9.17, 15) is 19.2 Å². The molecule has 0 radical (unpaired) electrons. The fraction of sp³-hybridized carbons (Fsp3) is 0.200. The Morgan fingerprint density at radius 1 is 0.893 bits per heavy atom. The molecule has 0 heterocycles. The summed E-state index contributed by atoms with van der Waals surface area (Å²) in [5.41, 5.74) is 1.42. The number of hydrogen-bond donors (Lipinski definition) is 2. The maximum absolute atomic E-state index is 12.3. The number of ether oxygens (including phenoxy) is 1. The van der Waals surface area contributed by atoms with Gasteiger partial charge < -0.3 is 15.4 Å². The number of thioether (sulfide) groups is 1. The Bertz CT molecular complexity index is 880. The van der Waals surface area contributed by atoms with E-state index in [2.05, 4.69) is 10.6 Å². The van der Waals surface area contributed by atoms with Crippen LogP contribution in [0.25, 0.3) is 0 Å². The van der Waals surface area contributed by atoms with Crippen LogP contribution < -0.4 is 10.6 Å². The van der Waals surface area contributed by atoms with Gasteiger partial charge in [-0.05, 0) is 43.3 Å². The summed E-state index contributed by atoms with van der Waals surface area (Å²) in [5, 5.41) is 5.23. The third-order valence-corrected chi connectivity index (χ3v) is 4.58. The van der Waals surface area contributed by atoms with E-state index >= 15 is 0 Å². The summed E-state index contributed by atoms with van der Waals surface area (Å²) >= 11 is 1.24. The Morgan fingerprint density at radius 3 is 2.11 bits per heavy atom. The Labute approximate surface area is 166 Å². The Kier molecular flexibility index (Phi) is 7.76. The van der Waals surface area contributed by atoms with Gasteiger partial charge in [0.15, 0.2) is 6.61 Å². The monoisotopic (exact) mass is 400 g/mol. The molecule has 0 aromatic heterocycles. The fourth-order valence-corrected chi connectivity index (χ4v) is 3.03. The van der Waals surface area contributed by atoms with Crippen molar-refractivity contribution < 1.29 is 23.9 Å². The number of rotatable bonds is 8. The maximum atomic E-state index is 12.3. The highest BCUT2D eigenvalue weighted by molar-refractivity contribution is 8.00. The standard InChI is InChI=1S/C20H20N2O5S/c1-13(23)12-28-18-6-4-3-5-17(18)20(26)27-11-19(25)22-16-9-7-15(8-10-16)21-14(2)24/h3-10H,11-12H2,1-2H3,(H,21,24)(H,22,25). The summed E-state index contributed by atoms with van der Waals surface area (Å²) < 4.78 is 5.08. The average molecular weight is 400 g/mol. The molecule has 0 saturated carbocycles. The first-order chi connectivity index (χ1) is 13.3. The van der Waals surface area contributed by atoms with E-state index in [-0.39, 0.29) is 17.4 Å². The van der Waals surface area contributed by atoms with Crippen molar-refractivity contribution in [3.63, 3.8) is 0 Å². The van der Waals surface area contributed by atoms with Crippen molar-refractivity contribution in [1.82, 2.24) is 0 Å². The molecule has 2 aromatic carbocycles. The van der Waals surface area contributed by atoms with Crippen LogP contribution in [0.15, 0.2) is 53.4 Å². The van der Waals surface area contributed by atoms with E-state index in [0.717, 1.165) is 0 Å². The van der Waals surface area contributed by atoms with Crippen LogP contribution in [0.5, 0.6) is 0 Å². The topological polar surface area (TPSA) is 102 Å². The molecule has 0 aliphatic rings. The summed E-state index contributed by atoms with van der Waals surface area (Å²) in [4.78, 5) is 47.0. The third kappa shape index (κ3) is 6.88. The molecule has 28 heavy (non-hydrogen) atoms. The van der Waals surface area contributed by atoms with Gasteiger partial charge in [-0.1, -0.05) is 12.1 Å². The van der Waals surface area contributed by atoms with Gasteiger partial charge in [0.25, 0.3) is 5.91 Å². The van der Waals surface area contributed by atoms with Crippen LogP contribution >= 0.6 is 11.8 Å². The molecule has 0 bridgehead atoms. The van der Waals surface area contributed by atoms with Gasteiger partial charge in [-0.25, -0.2) is 4.79 Å². The van der Waals surface area contributed by atoms with Crippen molar-refractivity contribution in [3.8, 4) is 0 Å². The summed E-state index contributed by atoms with van der Waals surface area (Å²) in [6.07, 6.45) is 0. The Morgan fingerprint density at radius 2 is 1.50 bits per heavy atom. The molecule has 0 atom stereocenters. The van der Waals surface area contributed by atoms with E-state index in [1.54, 1.807) is 48.5 Å². The number of benzene rings is 2. The number of esters is 1. The van der Waals surface area contributed by atoms with Gasteiger partial charge in [0, 0.05) is 23.2 Å². The van der Waals surface area contributed by atoms with Gasteiger partial charge >= 0.3 is 5.97 Å². The highest BCUT2D eigenvalue weighted by Crippen LogP contribution is 2.23. The summed E-state index contributed by atoms with van der Waals surface area (Å²) in [6.45, 7) is 2.43. The van der Waals surface area contributed by atoms with Gasteiger partial charge in [-0.3, -0.25) is 14.4 Å². The Hall–Kier alpha value is -3.13. The number of amides is 2. The summed E-state index contributed by atoms with van der Waals surface area (Å²) in [7, 11) is 0. The highest BCUT2D eigenvalue weighted by Gasteiger charge is 2.15. The molecule has 2 amide bonds. The molecule has 2 aromatic rings. The molecule has 146 valence electrons. The lowest BCUT2D eigenvalue weighted by Crippen LogP contribution is -2.21. The highest BCUT2D eigenvalue weighted by atomic mass is 32.2. The first-order valence-corrected chi connectivity index (χ1v) is 9.39. The number of carbonyl (C=O) groups is 4. The predicted octanol–water partition coefficient (Wildman–Crippen LogP) is 3.12. The molecule has 0 fully saturated rings. The van der Waals surface area contributed by atoms with E-state index in [1.165, 1.54) is 25.6 Å². The lowest BCUT2D eigenvalue weighted by molar-refractivity contribution is -0.119. The van der Waals surface area contributed by atoms with Gasteiger partial charge in [-0.15, -0.1) is 11.8 Å². The fourth-order valence-electron chi connectivity index (χ4n) is 2.19. The number of anilines is 2. The van der Waals surface area contributed by atoms with Crippen LogP contribution in [0, 0.1) is 0 Å². The molecule has 0 unspecified atom stereocenters. The minimum Gasteiger partial charge on any atom is -0.452 e. The minimum absolute atomic E-state index is 0.00271. The van der Waals surface area contributed by atoms with Gasteiger partial charge in [0.1, 0.15) is 5.78 Å². The van der Waals surface area contributed by atoms with E-state index in [1.807, 2.05) is 0 Å². The smallest absolute Gasteiger partial charge is 0.339 e. The number of carbonyl (C=O) groups excluding carboxylic acids is 4. The van der Waals surface area contributed by atoms with Gasteiger partial charge in [-0.2, -0.15) is 0 Å². The second-order valence-corrected chi connectivity index (χ2v) is 6.89. The van der Waals surface area contributed by atoms with Crippen molar-refractivity contribution >= 4 is 46.7 Å². The van der Waals surface area contributed by atoms with Crippen molar-refractivity contribution in [2.75, 3.05) is 23.0 Å². The SMILES string of the molecule is CC(=O)CSc1ccccc1C(=O)OCC(=O)Nc1ccc(NC(C)=O)cc1. The Balaban J connectivity index is 1.89. The van der Waals surface area contributed by atoms with Crippen LogP contribution in [0.3, 0.4) is 0 Å². The number of nitrogens with one attached hydrogen (secondary N) is 2. The second kappa shape index (κ2) is 10.3. The van der Waals surface area contributed by atoms with Crippen LogP contribution in [0.1, 0.15) is 24.2 Å². The van der Waals surface area contributed by atoms with Crippen LogP contribution in [-0.2, 0) is 19.1 Å². The van der Waals surface area contributed by atoms with E-state index in [4.69, 9.17) is 4.74 Å². The lowest BCUT2D eigenvalue weighted by Gasteiger charge is -2.10. The van der Waals surface area contributed by atoms with Crippen LogP contribution in [0.4, 0.5) is 11.4 Å². The molecule has 7 nitrogen and oxygen atoms in total. The van der Waals surface area contributed by atoms with Crippen molar-refractivity contribution in [3.05, 3.63) is 54.1 Å². The zero-order valence-corrected chi connectivity index (χ0v) is 16.3. The zero-order chi connectivity index (χ0) is 20.5. The zero-order valence-electron chi connectivity index (χ0n) is 15.5. The molecule has 0 spiro atoms. The molecule has 8 heteroatoms. The second-order valence-electron chi connectivity index (χ2n) is 5.87. The van der Waals surface area contributed by atoms with Crippen molar-refractivity contribution in [2.24, 2.45) is 0 Å². The third-order valence-electron chi connectivity index (χ3n) is 3.36. The molecule has 0 aliphatic carbocycles. The predicted molar refractivity (Wildman–Crippen MR) is 108 cm³/mol. The number of Topliss-reactive ketones (excluding diaryl/α,β-unsaturated/α-hetero) is 1. The minimum atomic E-state index is -0.636. The molecule has 2 N–H and O–H groups in total. The van der Waals surface area contributed by atoms with Crippen molar-refractivity contribution in [1.29, 1.82) is 0 Å². The number of hydrogen-bond acceptors (Lipinski definition) is 6. The van der Waals surface area contributed by atoms with Gasteiger partial charge in [0.2, 0.25) is 5.91 Å². The molecule has 0 saturated heterocycles. The van der Waals surface area contributed by atoms with E-state index in [0.29, 0.717) is 21.8 Å². The van der Waals surface area contributed by atoms with E-state index < -0.39 is 18.5 Å². The van der Waals surface area contributed by atoms with Gasteiger partial charge in [0.05, 0.1) is 11.3 Å². The van der Waals surface area contributed by atoms with Crippen molar-refractivity contribution in [2.45, 2.75) is 18.7 Å². The molecule has 2 rings (SSSR count). The lowest BCUT2D eigenvalue weighted by atomic mass is 10.2. The first-order valence-electron chi connectivity index (χ1n) is 8.41. The van der Waals surface area contributed by atoms with Crippen LogP contribution in [0.2, 0.25) is 0 Å². The largest absolute Gasteiger partial charge is 0.452 e.